The van der Waals surface area contributed by atoms with Crippen LogP contribution in [-0.4, -0.2) is 86.4 Å². The van der Waals surface area contributed by atoms with Crippen LogP contribution in [-0.2, 0) is 20.4 Å². The first-order chi connectivity index (χ1) is 19.0. The molecule has 0 bridgehead atoms. The van der Waals surface area contributed by atoms with Crippen molar-refractivity contribution in [1.29, 1.82) is 5.41 Å². The van der Waals surface area contributed by atoms with Gasteiger partial charge in [-0.05, 0) is 24.3 Å². The van der Waals surface area contributed by atoms with Crippen LogP contribution in [0.2, 0.25) is 0 Å². The van der Waals surface area contributed by atoms with E-state index in [2.05, 4.69) is 11.9 Å². The van der Waals surface area contributed by atoms with E-state index in [1.54, 1.807) is 9.80 Å². The summed E-state index contributed by atoms with van der Waals surface area (Å²) in [6.07, 6.45) is -4.13. The molecule has 4 rings (SSSR count). The monoisotopic (exact) mass is 584 g/mol. The second kappa shape index (κ2) is 12.6. The van der Waals surface area contributed by atoms with Gasteiger partial charge in [0.05, 0.1) is 30.6 Å². The number of alkyl halides is 3. The molecule has 0 spiro atoms. The van der Waals surface area contributed by atoms with E-state index in [4.69, 9.17) is 14.9 Å². The van der Waals surface area contributed by atoms with Crippen molar-refractivity contribution in [2.75, 3.05) is 64.1 Å². The third-order valence-corrected chi connectivity index (χ3v) is 7.92. The molecule has 0 radical (unpaired) electrons. The van der Waals surface area contributed by atoms with Gasteiger partial charge < -0.3 is 24.6 Å². The van der Waals surface area contributed by atoms with E-state index < -0.39 is 40.6 Å². The highest BCUT2D eigenvalue weighted by Gasteiger charge is 2.39. The summed E-state index contributed by atoms with van der Waals surface area (Å²) in [5.41, 5.74) is -1.73. The highest BCUT2D eigenvalue weighted by Crippen LogP contribution is 2.49. The zero-order valence-electron chi connectivity index (χ0n) is 21.7. The fourth-order valence-electron chi connectivity index (χ4n) is 4.65. The topological polar surface area (TPSA) is 77.9 Å². The number of ether oxygens (including phenoxy) is 2. The summed E-state index contributed by atoms with van der Waals surface area (Å²) in [4.78, 5) is 15.2. The number of benzene rings is 2. The molecule has 2 aromatic rings. The standard InChI is InChI=1S/C27H29F5N4O3S/c1-3-22(37)35-6-8-36(9-7-35)26(33)19-13-20(27(30,31)32)23(18-5-4-16(28)12-21(18)29)25-24(19)34-14-17(15-40-25)39-11-10-38-2/h3-5,12-13,17,33-34H,1,6-11,14-15H2,2H3. The maximum atomic E-state index is 15.0. The van der Waals surface area contributed by atoms with Gasteiger partial charge in [0.25, 0.3) is 0 Å². The van der Waals surface area contributed by atoms with Crippen molar-refractivity contribution in [2.45, 2.75) is 17.2 Å². The lowest BCUT2D eigenvalue weighted by Gasteiger charge is -2.36. The van der Waals surface area contributed by atoms with Crippen molar-refractivity contribution in [1.82, 2.24) is 9.80 Å². The van der Waals surface area contributed by atoms with Crippen LogP contribution < -0.4 is 5.32 Å². The van der Waals surface area contributed by atoms with Crippen LogP contribution in [0.1, 0.15) is 11.1 Å². The van der Waals surface area contributed by atoms with Gasteiger partial charge >= 0.3 is 6.18 Å². The highest BCUT2D eigenvalue weighted by atomic mass is 32.2. The second-order valence-electron chi connectivity index (χ2n) is 9.22. The van der Waals surface area contributed by atoms with Gasteiger partial charge in [-0.15, -0.1) is 11.8 Å². The van der Waals surface area contributed by atoms with E-state index in [-0.39, 0.29) is 73.0 Å². The Bertz CT molecular complexity index is 1280. The molecule has 2 aliphatic heterocycles. The predicted octanol–water partition coefficient (Wildman–Crippen LogP) is 4.86. The Morgan fingerprint density at radius 1 is 1.18 bits per heavy atom. The molecule has 0 aromatic heterocycles. The Balaban J connectivity index is 1.81. The molecular weight excluding hydrogens is 555 g/mol. The van der Waals surface area contributed by atoms with Gasteiger partial charge in [-0.3, -0.25) is 10.2 Å². The number of methoxy groups -OCH3 is 1. The fourth-order valence-corrected chi connectivity index (χ4v) is 5.91. The summed E-state index contributed by atoms with van der Waals surface area (Å²) in [7, 11) is 1.52. The van der Waals surface area contributed by atoms with E-state index >= 15 is 0 Å². The number of hydrogen-bond acceptors (Lipinski definition) is 6. The first-order valence-corrected chi connectivity index (χ1v) is 13.5. The fraction of sp³-hybridized carbons (Fsp3) is 0.407. The number of hydrogen-bond donors (Lipinski definition) is 2. The molecule has 0 saturated carbocycles. The van der Waals surface area contributed by atoms with Crippen LogP contribution in [0.25, 0.3) is 11.1 Å². The molecule has 1 amide bonds. The number of fused-ring (bicyclic) bond motifs is 1. The largest absolute Gasteiger partial charge is 0.417 e. The number of thioether (sulfide) groups is 1. The number of amides is 1. The maximum Gasteiger partial charge on any atom is 0.417 e. The number of amidine groups is 1. The van der Waals surface area contributed by atoms with Gasteiger partial charge in [0.15, 0.2) is 0 Å². The molecule has 2 heterocycles. The average molecular weight is 585 g/mol. The molecule has 1 unspecified atom stereocenters. The van der Waals surface area contributed by atoms with E-state index in [9.17, 15) is 26.7 Å². The number of anilines is 1. The van der Waals surface area contributed by atoms with E-state index in [1.807, 2.05) is 0 Å². The number of nitrogens with zero attached hydrogens (tertiary/aromatic N) is 2. The molecule has 0 aliphatic carbocycles. The minimum Gasteiger partial charge on any atom is -0.382 e. The summed E-state index contributed by atoms with van der Waals surface area (Å²) in [6.45, 7) is 5.31. The molecule has 216 valence electrons. The summed E-state index contributed by atoms with van der Waals surface area (Å²) >= 11 is 1.06. The minimum absolute atomic E-state index is 0.0119. The normalized spacial score (nSPS) is 17.6. The Morgan fingerprint density at radius 2 is 1.88 bits per heavy atom. The average Bonchev–Trinajstić information content (AvgIpc) is 3.14. The van der Waals surface area contributed by atoms with Crippen molar-refractivity contribution >= 4 is 29.2 Å². The van der Waals surface area contributed by atoms with Crippen molar-refractivity contribution in [3.8, 4) is 11.1 Å². The SMILES string of the molecule is C=CC(=O)N1CCN(C(=N)c2cc(C(F)(F)F)c(-c3ccc(F)cc3F)c3c2NCC(OCCOC)CS3)CC1. The maximum absolute atomic E-state index is 15.0. The Labute approximate surface area is 232 Å². The minimum atomic E-state index is -4.91. The van der Waals surface area contributed by atoms with Gasteiger partial charge in [-0.1, -0.05) is 6.58 Å². The summed E-state index contributed by atoms with van der Waals surface area (Å²) < 4.78 is 83.2. The quantitative estimate of drug-likeness (QED) is 0.159. The molecule has 13 heteroatoms. The zero-order valence-corrected chi connectivity index (χ0v) is 22.6. The Morgan fingerprint density at radius 3 is 2.50 bits per heavy atom. The molecular formula is C27H29F5N4O3S. The molecule has 1 atom stereocenters. The lowest BCUT2D eigenvalue weighted by atomic mass is 9.94. The zero-order chi connectivity index (χ0) is 29.0. The third-order valence-electron chi connectivity index (χ3n) is 6.69. The van der Waals surface area contributed by atoms with E-state index in [1.165, 1.54) is 13.2 Å². The molecule has 2 N–H and O–H groups in total. The van der Waals surface area contributed by atoms with Gasteiger partial charge in [0.2, 0.25) is 5.91 Å². The van der Waals surface area contributed by atoms with E-state index in [0.717, 1.165) is 30.0 Å². The molecule has 1 fully saturated rings. The molecule has 40 heavy (non-hydrogen) atoms. The van der Waals surface area contributed by atoms with Crippen LogP contribution in [0, 0.1) is 17.0 Å². The summed E-state index contributed by atoms with van der Waals surface area (Å²) in [6, 6.07) is 3.30. The Hall–Kier alpha value is -3.16. The molecule has 2 aromatic carbocycles. The van der Waals surface area contributed by atoms with Gasteiger partial charge in [-0.25, -0.2) is 8.78 Å². The lowest BCUT2D eigenvalue weighted by molar-refractivity contribution is -0.137. The van der Waals surface area contributed by atoms with Crippen LogP contribution in [0.4, 0.5) is 27.6 Å². The van der Waals surface area contributed by atoms with Crippen LogP contribution >= 0.6 is 11.8 Å². The molecule has 2 aliphatic rings. The summed E-state index contributed by atoms with van der Waals surface area (Å²) in [5.74, 6) is -2.22. The van der Waals surface area contributed by atoms with Crippen molar-refractivity contribution < 1.29 is 36.2 Å². The van der Waals surface area contributed by atoms with Crippen molar-refractivity contribution in [3.63, 3.8) is 0 Å². The summed E-state index contributed by atoms with van der Waals surface area (Å²) in [5, 5.41) is 12.1. The van der Waals surface area contributed by atoms with Crippen LogP contribution in [0.15, 0.2) is 41.8 Å². The number of piperazine rings is 1. The third kappa shape index (κ3) is 6.42. The van der Waals surface area contributed by atoms with E-state index in [0.29, 0.717) is 12.7 Å². The van der Waals surface area contributed by atoms with Gasteiger partial charge in [0.1, 0.15) is 17.5 Å². The Kier molecular flexibility index (Phi) is 9.37. The smallest absolute Gasteiger partial charge is 0.382 e. The molecule has 7 nitrogen and oxygen atoms in total. The van der Waals surface area contributed by atoms with Gasteiger partial charge in [0, 0.05) is 73.2 Å². The number of carbonyl (C=O) groups excluding carboxylic acids is 1. The molecule has 1 saturated heterocycles. The number of rotatable bonds is 7. The van der Waals surface area contributed by atoms with Gasteiger partial charge in [-0.2, -0.15) is 13.2 Å². The number of carbonyl (C=O) groups is 1. The van der Waals surface area contributed by atoms with Crippen LogP contribution in [0.5, 0.6) is 0 Å². The highest BCUT2D eigenvalue weighted by molar-refractivity contribution is 7.99. The first-order valence-electron chi connectivity index (χ1n) is 12.5. The van der Waals surface area contributed by atoms with Crippen LogP contribution in [0.3, 0.4) is 0 Å². The first kappa shape index (κ1) is 29.8. The second-order valence-corrected chi connectivity index (χ2v) is 10.2. The predicted molar refractivity (Wildman–Crippen MR) is 143 cm³/mol. The number of nitrogens with one attached hydrogen (secondary N) is 2. The van der Waals surface area contributed by atoms with Crippen molar-refractivity contribution in [2.24, 2.45) is 0 Å². The number of halogens is 5. The lowest BCUT2D eigenvalue weighted by Crippen LogP contribution is -2.50. The van der Waals surface area contributed by atoms with Crippen molar-refractivity contribution in [3.05, 3.63) is 59.7 Å².